The summed E-state index contributed by atoms with van der Waals surface area (Å²) in [5.74, 6) is -4.33. The summed E-state index contributed by atoms with van der Waals surface area (Å²) >= 11 is 0. The molecule has 1 N–H and O–H groups in total. The van der Waals surface area contributed by atoms with Crippen LogP contribution in [0, 0.1) is 11.7 Å². The van der Waals surface area contributed by atoms with Crippen molar-refractivity contribution in [1.82, 2.24) is 14.2 Å². The predicted molar refractivity (Wildman–Crippen MR) is 136 cm³/mol. The number of rotatable bonds is 9. The van der Waals surface area contributed by atoms with E-state index in [1.807, 2.05) is 4.90 Å². The first-order valence-electron chi connectivity index (χ1n) is 11.7. The lowest BCUT2D eigenvalue weighted by Crippen LogP contribution is -2.47. The third kappa shape index (κ3) is 6.19. The van der Waals surface area contributed by atoms with E-state index in [1.165, 1.54) is 29.7 Å². The zero-order valence-corrected chi connectivity index (χ0v) is 22.4. The molecule has 2 aliphatic rings. The molecule has 1 atom stereocenters. The zero-order valence-electron chi connectivity index (χ0n) is 20.8. The van der Waals surface area contributed by atoms with Crippen LogP contribution in [0.25, 0.3) is 11.3 Å². The molecule has 2 aromatic rings. The molecule has 0 radical (unpaired) electrons. The largest absolute Gasteiger partial charge is 0.371 e. The number of benzene rings is 1. The number of anilines is 2. The van der Waals surface area contributed by atoms with Crippen molar-refractivity contribution >= 4 is 31.6 Å². The fourth-order valence-electron chi connectivity index (χ4n) is 4.43. The van der Waals surface area contributed by atoms with Crippen LogP contribution in [0.1, 0.15) is 12.0 Å². The molecule has 1 saturated carbocycles. The Labute approximate surface area is 215 Å². The van der Waals surface area contributed by atoms with Gasteiger partial charge >= 0.3 is 0 Å². The summed E-state index contributed by atoms with van der Waals surface area (Å²) in [4.78, 5) is 6.38. The van der Waals surface area contributed by atoms with Gasteiger partial charge in [0.2, 0.25) is 20.0 Å². The number of hydrogen-bond acceptors (Lipinski definition) is 7. The Kier molecular flexibility index (Phi) is 7.49. The molecule has 2 heterocycles. The van der Waals surface area contributed by atoms with Crippen LogP contribution in [0.4, 0.5) is 24.7 Å². The number of sulfonamides is 2. The van der Waals surface area contributed by atoms with Crippen LogP contribution in [0.2, 0.25) is 0 Å². The van der Waals surface area contributed by atoms with Crippen LogP contribution in [-0.4, -0.2) is 89.2 Å². The average Bonchev–Trinajstić information content (AvgIpc) is 3.43. The van der Waals surface area contributed by atoms with E-state index in [0.29, 0.717) is 31.7 Å². The molecule has 204 valence electrons. The molecule has 2 fully saturated rings. The van der Waals surface area contributed by atoms with E-state index in [9.17, 15) is 25.6 Å². The van der Waals surface area contributed by atoms with Gasteiger partial charge in [-0.25, -0.2) is 35.0 Å². The van der Waals surface area contributed by atoms with Crippen LogP contribution in [-0.2, 0) is 26.6 Å². The summed E-state index contributed by atoms with van der Waals surface area (Å²) < 4.78 is 93.2. The minimum absolute atomic E-state index is 0.108. The summed E-state index contributed by atoms with van der Waals surface area (Å²) in [6.45, 7) is 1.50. The lowest BCUT2D eigenvalue weighted by Gasteiger charge is -2.33. The molecule has 1 unspecified atom stereocenters. The molecule has 1 aliphatic heterocycles. The Bertz CT molecular complexity index is 1380. The first kappa shape index (κ1) is 27.6. The number of nitrogens with zero attached hydrogens (tertiary/aromatic N) is 4. The molecule has 4 rings (SSSR count). The highest BCUT2D eigenvalue weighted by molar-refractivity contribution is 7.92. The molecule has 1 aliphatic carbocycles. The number of nitrogens with one attached hydrogen (secondary N) is 1. The van der Waals surface area contributed by atoms with Gasteiger partial charge < -0.3 is 5.32 Å². The second kappa shape index (κ2) is 10.0. The Balaban J connectivity index is 1.57. The van der Waals surface area contributed by atoms with Crippen molar-refractivity contribution in [2.24, 2.45) is 5.92 Å². The third-order valence-electron chi connectivity index (χ3n) is 6.67. The molecular weight excluding hydrogens is 531 g/mol. The molecule has 37 heavy (non-hydrogen) atoms. The van der Waals surface area contributed by atoms with Gasteiger partial charge in [0.05, 0.1) is 23.9 Å². The molecule has 1 aromatic heterocycles. The topological polar surface area (TPSA) is 103 Å². The highest BCUT2D eigenvalue weighted by atomic mass is 32.2. The highest BCUT2D eigenvalue weighted by Crippen LogP contribution is 2.49. The molecule has 1 aromatic carbocycles. The number of hydrogen-bond donors (Lipinski definition) is 1. The quantitative estimate of drug-likeness (QED) is 0.502. The number of halogens is 3. The first-order valence-corrected chi connectivity index (χ1v) is 15.4. The van der Waals surface area contributed by atoms with Crippen molar-refractivity contribution < 1.29 is 30.0 Å². The molecule has 0 amide bonds. The van der Waals surface area contributed by atoms with Crippen molar-refractivity contribution in [3.05, 3.63) is 41.7 Å². The summed E-state index contributed by atoms with van der Waals surface area (Å²) in [6, 6.07) is 7.79. The van der Waals surface area contributed by atoms with E-state index in [2.05, 4.69) is 10.3 Å². The molecule has 0 bridgehead atoms. The average molecular weight is 562 g/mol. The monoisotopic (exact) mass is 561 g/mol. The summed E-state index contributed by atoms with van der Waals surface area (Å²) in [7, 11) is -5.63. The van der Waals surface area contributed by atoms with Crippen molar-refractivity contribution in [2.45, 2.75) is 18.9 Å². The number of pyridine rings is 1. The van der Waals surface area contributed by atoms with Gasteiger partial charge in [0.1, 0.15) is 5.82 Å². The summed E-state index contributed by atoms with van der Waals surface area (Å²) in [5, 5.41) is 2.80. The lowest BCUT2D eigenvalue weighted by molar-refractivity contribution is 0.101. The standard InChI is InChI=1S/C23H30F3N5O4S2/c1-27-22-20(31(37(3,34)35)15-17-13-23(17,25)26)8-7-19(28-22)18-6-4-5-16(21(18)24)14-29-9-11-30(12-10-29)36(2,32)33/h4-8,17H,9-15H2,1-3H3,(H,27,28). The molecule has 1 saturated heterocycles. The highest BCUT2D eigenvalue weighted by Gasteiger charge is 2.58. The molecule has 14 heteroatoms. The summed E-state index contributed by atoms with van der Waals surface area (Å²) in [6.07, 6.45) is 1.74. The van der Waals surface area contributed by atoms with E-state index in [0.717, 1.165) is 10.6 Å². The number of alkyl halides is 2. The van der Waals surface area contributed by atoms with E-state index >= 15 is 4.39 Å². The molecular formula is C23H30F3N5O4S2. The summed E-state index contributed by atoms with van der Waals surface area (Å²) in [5.41, 5.74) is 0.974. The predicted octanol–water partition coefficient (Wildman–Crippen LogP) is 2.43. The maximum atomic E-state index is 15.5. The van der Waals surface area contributed by atoms with Crippen molar-refractivity contribution in [1.29, 1.82) is 0 Å². The van der Waals surface area contributed by atoms with Crippen LogP contribution >= 0.6 is 0 Å². The maximum Gasteiger partial charge on any atom is 0.253 e. The second-order valence-corrected chi connectivity index (χ2v) is 13.4. The minimum atomic E-state index is -3.88. The van der Waals surface area contributed by atoms with E-state index < -0.39 is 37.7 Å². The smallest absolute Gasteiger partial charge is 0.253 e. The number of piperazine rings is 1. The van der Waals surface area contributed by atoms with Gasteiger partial charge in [0.15, 0.2) is 5.82 Å². The lowest BCUT2D eigenvalue weighted by atomic mass is 10.1. The van der Waals surface area contributed by atoms with Gasteiger partial charge in [-0.2, -0.15) is 4.31 Å². The van der Waals surface area contributed by atoms with E-state index in [4.69, 9.17) is 0 Å². The first-order chi connectivity index (χ1) is 17.2. The molecule has 0 spiro atoms. The fourth-order valence-corrected chi connectivity index (χ4v) is 6.21. The molecule has 9 nitrogen and oxygen atoms in total. The van der Waals surface area contributed by atoms with Gasteiger partial charge in [0.25, 0.3) is 5.92 Å². The Morgan fingerprint density at radius 2 is 1.73 bits per heavy atom. The Morgan fingerprint density at radius 1 is 1.08 bits per heavy atom. The van der Waals surface area contributed by atoms with Gasteiger partial charge in [-0.3, -0.25) is 9.21 Å². The Hall–Kier alpha value is -2.42. The van der Waals surface area contributed by atoms with E-state index in [1.54, 1.807) is 18.2 Å². The maximum absolute atomic E-state index is 15.5. The van der Waals surface area contributed by atoms with Gasteiger partial charge in [-0.1, -0.05) is 12.1 Å². The fraction of sp³-hybridized carbons (Fsp3) is 0.522. The van der Waals surface area contributed by atoms with Crippen molar-refractivity contribution in [2.75, 3.05) is 61.9 Å². The van der Waals surface area contributed by atoms with Gasteiger partial charge in [0, 0.05) is 69.8 Å². The Morgan fingerprint density at radius 3 is 2.27 bits per heavy atom. The third-order valence-corrected chi connectivity index (χ3v) is 9.12. The van der Waals surface area contributed by atoms with Gasteiger partial charge in [-0.05, 0) is 18.2 Å². The van der Waals surface area contributed by atoms with Crippen molar-refractivity contribution in [3.8, 4) is 11.3 Å². The van der Waals surface area contributed by atoms with Crippen LogP contribution in [0.15, 0.2) is 30.3 Å². The normalized spacial score (nSPS) is 20.5. The van der Waals surface area contributed by atoms with Crippen LogP contribution in [0.5, 0.6) is 0 Å². The van der Waals surface area contributed by atoms with Crippen LogP contribution in [0.3, 0.4) is 0 Å². The number of aromatic nitrogens is 1. The minimum Gasteiger partial charge on any atom is -0.371 e. The second-order valence-electron chi connectivity index (χ2n) is 9.49. The van der Waals surface area contributed by atoms with E-state index in [-0.39, 0.29) is 42.3 Å². The SMILES string of the molecule is CNc1nc(-c2cccc(CN3CCN(S(C)(=O)=O)CC3)c2F)ccc1N(CC1CC1(F)F)S(C)(=O)=O. The zero-order chi connectivity index (χ0) is 27.2. The van der Waals surface area contributed by atoms with Gasteiger partial charge in [-0.15, -0.1) is 0 Å². The van der Waals surface area contributed by atoms with Crippen LogP contribution < -0.4 is 9.62 Å². The van der Waals surface area contributed by atoms with Crippen molar-refractivity contribution in [3.63, 3.8) is 0 Å².